The highest BCUT2D eigenvalue weighted by molar-refractivity contribution is 7.47. The zero-order valence-corrected chi connectivity index (χ0v) is 33.0. The minimum absolute atomic E-state index is 0.0413. The molecule has 294 valence electrons. The van der Waals surface area contributed by atoms with Crippen LogP contribution in [0.2, 0.25) is 0 Å². The van der Waals surface area contributed by atoms with Gasteiger partial charge in [-0.25, -0.2) is 4.57 Å². The molecule has 1 unspecified atom stereocenters. The van der Waals surface area contributed by atoms with Gasteiger partial charge in [0.1, 0.15) is 6.61 Å². The van der Waals surface area contributed by atoms with Crippen molar-refractivity contribution in [2.24, 2.45) is 5.73 Å². The number of phosphoric acid groups is 1. The highest BCUT2D eigenvalue weighted by atomic mass is 31.2. The maximum Gasteiger partial charge on any atom is 0.472 e. The summed E-state index contributed by atoms with van der Waals surface area (Å²) in [5.41, 5.74) is 5.33. The lowest BCUT2D eigenvalue weighted by molar-refractivity contribution is -0.161. The molecule has 0 saturated heterocycles. The quantitative estimate of drug-likeness (QED) is 0.0279. The van der Waals surface area contributed by atoms with E-state index in [1.165, 1.54) is 57.8 Å². The first-order valence-electron chi connectivity index (χ1n) is 19.8. The van der Waals surface area contributed by atoms with Gasteiger partial charge in [-0.05, 0) is 77.0 Å². The molecule has 0 fully saturated rings. The predicted molar refractivity (Wildman–Crippen MR) is 210 cm³/mol. The van der Waals surface area contributed by atoms with Gasteiger partial charge in [0.25, 0.3) is 0 Å². The number of ether oxygens (including phenoxy) is 2. The van der Waals surface area contributed by atoms with Gasteiger partial charge in [-0.1, -0.05) is 126 Å². The zero-order valence-electron chi connectivity index (χ0n) is 32.1. The van der Waals surface area contributed by atoms with Crippen molar-refractivity contribution in [1.82, 2.24) is 0 Å². The van der Waals surface area contributed by atoms with Gasteiger partial charge in [-0.15, -0.1) is 0 Å². The van der Waals surface area contributed by atoms with Crippen LogP contribution in [0.15, 0.2) is 60.8 Å². The van der Waals surface area contributed by atoms with E-state index in [0.717, 1.165) is 51.4 Å². The van der Waals surface area contributed by atoms with E-state index in [1.54, 1.807) is 0 Å². The molecule has 9 nitrogen and oxygen atoms in total. The molecule has 0 aliphatic rings. The van der Waals surface area contributed by atoms with Crippen LogP contribution in [0.4, 0.5) is 0 Å². The lowest BCUT2D eigenvalue weighted by Crippen LogP contribution is -2.29. The molecule has 0 rings (SSSR count). The minimum Gasteiger partial charge on any atom is -0.462 e. The van der Waals surface area contributed by atoms with E-state index in [1.807, 2.05) is 6.08 Å². The Labute approximate surface area is 310 Å². The Balaban J connectivity index is 4.34. The van der Waals surface area contributed by atoms with E-state index in [-0.39, 0.29) is 32.6 Å². The number of rotatable bonds is 36. The van der Waals surface area contributed by atoms with E-state index in [2.05, 4.69) is 68.5 Å². The standard InChI is InChI=1S/C41H72NO8P/c1-3-5-7-9-11-13-15-17-18-19-20-22-24-26-28-30-32-34-41(44)50-39(38-49-51(45,46)48-36-35-42)37-47-40(43)33-31-29-27-25-23-21-16-14-12-10-8-6-4-2/h11,13-14,16-18,20,22,26,28,39H,3-10,12,15,19,21,23-25,27,29-38,42H2,1-2H3,(H,45,46)/b13-11+,16-14+,18-17+,22-20+,28-26+/t39-/m1/s1. The van der Waals surface area contributed by atoms with Crippen molar-refractivity contribution in [3.63, 3.8) is 0 Å². The number of phosphoric ester groups is 1. The van der Waals surface area contributed by atoms with E-state index in [4.69, 9.17) is 24.3 Å². The molecule has 2 atom stereocenters. The summed E-state index contributed by atoms with van der Waals surface area (Å²) in [7, 11) is -4.39. The molecule has 10 heteroatoms. The van der Waals surface area contributed by atoms with Gasteiger partial charge >= 0.3 is 19.8 Å². The van der Waals surface area contributed by atoms with Gasteiger partial charge in [0.05, 0.1) is 13.2 Å². The molecule has 0 amide bonds. The van der Waals surface area contributed by atoms with Crippen LogP contribution in [0.3, 0.4) is 0 Å². The molecule has 0 aromatic carbocycles. The second-order valence-corrected chi connectivity index (χ2v) is 14.2. The number of unbranched alkanes of at least 4 members (excludes halogenated alkanes) is 13. The van der Waals surface area contributed by atoms with Crippen LogP contribution in [0.5, 0.6) is 0 Å². The molecule has 51 heavy (non-hydrogen) atoms. The summed E-state index contributed by atoms with van der Waals surface area (Å²) < 4.78 is 32.6. The summed E-state index contributed by atoms with van der Waals surface area (Å²) in [4.78, 5) is 34.7. The highest BCUT2D eigenvalue weighted by Gasteiger charge is 2.25. The molecule has 0 saturated carbocycles. The van der Waals surface area contributed by atoms with Gasteiger partial charge in [0, 0.05) is 19.4 Å². The summed E-state index contributed by atoms with van der Waals surface area (Å²) in [6, 6.07) is 0. The maximum atomic E-state index is 12.5. The second kappa shape index (κ2) is 37.5. The number of carbonyl (C=O) groups excluding carboxylic acids is 2. The van der Waals surface area contributed by atoms with Crippen LogP contribution in [-0.2, 0) is 32.7 Å². The SMILES string of the molecule is CCCCC/C=C/C/C=C/C/C=C/C/C=C/CCCC(=O)O[C@H](COC(=O)CCCCCCC/C=C/CCCCCC)COP(=O)(O)OCCN. The number of carbonyl (C=O) groups is 2. The maximum absolute atomic E-state index is 12.5. The van der Waals surface area contributed by atoms with Gasteiger partial charge in [-0.2, -0.15) is 0 Å². The third-order valence-electron chi connectivity index (χ3n) is 7.88. The average molecular weight is 738 g/mol. The van der Waals surface area contributed by atoms with Gasteiger partial charge in [0.2, 0.25) is 0 Å². The van der Waals surface area contributed by atoms with Crippen LogP contribution >= 0.6 is 7.82 Å². The summed E-state index contributed by atoms with van der Waals surface area (Å²) in [5.74, 6) is -0.910. The van der Waals surface area contributed by atoms with Crippen molar-refractivity contribution in [1.29, 1.82) is 0 Å². The Kier molecular flexibility index (Phi) is 35.8. The van der Waals surface area contributed by atoms with Crippen molar-refractivity contribution in [3.8, 4) is 0 Å². The largest absolute Gasteiger partial charge is 0.472 e. The van der Waals surface area contributed by atoms with Gasteiger partial charge < -0.3 is 20.1 Å². The first kappa shape index (κ1) is 48.7. The molecule has 0 radical (unpaired) electrons. The van der Waals surface area contributed by atoms with E-state index < -0.39 is 32.5 Å². The van der Waals surface area contributed by atoms with Crippen molar-refractivity contribution in [2.75, 3.05) is 26.4 Å². The first-order chi connectivity index (χ1) is 24.8. The van der Waals surface area contributed by atoms with Crippen LogP contribution in [0, 0.1) is 0 Å². The minimum atomic E-state index is -4.39. The smallest absolute Gasteiger partial charge is 0.462 e. The van der Waals surface area contributed by atoms with Crippen molar-refractivity contribution < 1.29 is 37.6 Å². The lowest BCUT2D eigenvalue weighted by Gasteiger charge is -2.19. The Hall–Kier alpha value is -2.29. The molecular weight excluding hydrogens is 665 g/mol. The Bertz CT molecular complexity index is 1020. The fraction of sp³-hybridized carbons (Fsp3) is 0.707. The zero-order chi connectivity index (χ0) is 37.5. The van der Waals surface area contributed by atoms with Crippen LogP contribution in [-0.4, -0.2) is 49.3 Å². The fourth-order valence-corrected chi connectivity index (χ4v) is 5.68. The first-order valence-corrected chi connectivity index (χ1v) is 21.3. The highest BCUT2D eigenvalue weighted by Crippen LogP contribution is 2.43. The normalized spacial score (nSPS) is 14.0. The molecule has 0 aliphatic heterocycles. The lowest BCUT2D eigenvalue weighted by atomic mass is 10.1. The summed E-state index contributed by atoms with van der Waals surface area (Å²) in [5, 5.41) is 0. The molecule has 0 bridgehead atoms. The summed E-state index contributed by atoms with van der Waals surface area (Å²) in [6.07, 6.45) is 42.5. The number of hydrogen-bond acceptors (Lipinski definition) is 8. The Morgan fingerprint density at radius 3 is 1.63 bits per heavy atom. The predicted octanol–water partition coefficient (Wildman–Crippen LogP) is 10.9. The topological polar surface area (TPSA) is 134 Å². The molecule has 0 heterocycles. The number of hydrogen-bond donors (Lipinski definition) is 2. The van der Waals surface area contributed by atoms with E-state index in [9.17, 15) is 19.0 Å². The van der Waals surface area contributed by atoms with E-state index >= 15 is 0 Å². The van der Waals surface area contributed by atoms with Gasteiger partial charge in [-0.3, -0.25) is 18.6 Å². The third-order valence-corrected chi connectivity index (χ3v) is 8.86. The van der Waals surface area contributed by atoms with Crippen LogP contribution in [0.25, 0.3) is 0 Å². The summed E-state index contributed by atoms with van der Waals surface area (Å²) >= 11 is 0. The molecule has 0 aromatic heterocycles. The Morgan fingerprint density at radius 2 is 1.04 bits per heavy atom. The molecule has 3 N–H and O–H groups in total. The average Bonchev–Trinajstić information content (AvgIpc) is 3.11. The monoisotopic (exact) mass is 737 g/mol. The Morgan fingerprint density at radius 1 is 0.588 bits per heavy atom. The fourth-order valence-electron chi connectivity index (χ4n) is 4.91. The van der Waals surface area contributed by atoms with Crippen molar-refractivity contribution in [3.05, 3.63) is 60.8 Å². The summed E-state index contributed by atoms with van der Waals surface area (Å²) in [6.45, 7) is 3.59. The number of esters is 2. The van der Waals surface area contributed by atoms with Crippen LogP contribution < -0.4 is 5.73 Å². The third kappa shape index (κ3) is 37.3. The van der Waals surface area contributed by atoms with E-state index in [0.29, 0.717) is 19.3 Å². The van der Waals surface area contributed by atoms with Crippen LogP contribution in [0.1, 0.15) is 155 Å². The van der Waals surface area contributed by atoms with Gasteiger partial charge in [0.15, 0.2) is 6.10 Å². The second-order valence-electron chi connectivity index (χ2n) is 12.8. The number of nitrogens with two attached hydrogens (primary N) is 1. The van der Waals surface area contributed by atoms with Crippen molar-refractivity contribution >= 4 is 19.8 Å². The molecule has 0 spiro atoms. The molecular formula is C41H72NO8P. The molecule has 0 aliphatic carbocycles. The number of allylic oxidation sites excluding steroid dienone is 10. The molecule has 0 aromatic rings. The van der Waals surface area contributed by atoms with Crippen molar-refractivity contribution in [2.45, 2.75) is 161 Å².